The van der Waals surface area contributed by atoms with Crippen LogP contribution in [0.15, 0.2) is 29.8 Å². The molecule has 120 valence electrons. The van der Waals surface area contributed by atoms with E-state index in [0.717, 1.165) is 43.9 Å². The first-order valence-corrected chi connectivity index (χ1v) is 8.86. The molecule has 2 aromatic heterocycles. The maximum absolute atomic E-state index is 12.0. The number of carbonyl (C=O) groups excluding carboxylic acids is 1. The molecule has 0 unspecified atom stereocenters. The third-order valence-corrected chi connectivity index (χ3v) is 5.39. The molecule has 0 aliphatic carbocycles. The number of hydrogen-bond acceptors (Lipinski definition) is 5. The van der Waals surface area contributed by atoms with E-state index >= 15 is 0 Å². The molecule has 0 radical (unpaired) electrons. The lowest BCUT2D eigenvalue weighted by molar-refractivity contribution is -0.124. The normalized spacial score (nSPS) is 20.3. The zero-order chi connectivity index (χ0) is 15.6. The summed E-state index contributed by atoms with van der Waals surface area (Å²) in [6.07, 6.45) is 4.24. The number of carbonyl (C=O) groups is 1. The first kappa shape index (κ1) is 14.7. The van der Waals surface area contributed by atoms with Crippen molar-refractivity contribution in [3.63, 3.8) is 0 Å². The Balaban J connectivity index is 1.41. The molecule has 4 heterocycles. The van der Waals surface area contributed by atoms with Gasteiger partial charge in [0, 0.05) is 24.6 Å². The molecule has 1 saturated heterocycles. The monoisotopic (exact) mass is 329 g/mol. The van der Waals surface area contributed by atoms with Crippen LogP contribution in [0.25, 0.3) is 0 Å². The number of ether oxygens (including phenoxy) is 1. The van der Waals surface area contributed by atoms with E-state index in [1.165, 1.54) is 10.4 Å². The Hall–Kier alpha value is -1.92. The van der Waals surface area contributed by atoms with E-state index in [2.05, 4.69) is 26.6 Å². The highest BCUT2D eigenvalue weighted by Gasteiger charge is 2.24. The van der Waals surface area contributed by atoms with Gasteiger partial charge in [-0.3, -0.25) is 4.79 Å². The molecule has 2 aliphatic rings. The number of thiophene rings is 1. The average molecular weight is 329 g/mol. The number of anilines is 2. The topological polar surface area (TPSA) is 54.5 Å². The highest BCUT2D eigenvalue weighted by molar-refractivity contribution is 7.10. The second-order valence-corrected chi connectivity index (χ2v) is 6.94. The van der Waals surface area contributed by atoms with E-state index in [0.29, 0.717) is 6.61 Å². The van der Waals surface area contributed by atoms with Gasteiger partial charge in [0.2, 0.25) is 0 Å². The number of fused-ring (bicyclic) bond motifs is 1. The fourth-order valence-electron chi connectivity index (χ4n) is 3.10. The fourth-order valence-corrected chi connectivity index (χ4v) is 3.99. The molecule has 1 amide bonds. The summed E-state index contributed by atoms with van der Waals surface area (Å²) in [7, 11) is 0. The largest absolute Gasteiger partial charge is 0.368 e. The van der Waals surface area contributed by atoms with E-state index < -0.39 is 0 Å². The fraction of sp³-hybridized carbons (Fsp3) is 0.412. The van der Waals surface area contributed by atoms with Gasteiger partial charge in [-0.2, -0.15) is 0 Å². The van der Waals surface area contributed by atoms with E-state index in [-0.39, 0.29) is 12.0 Å². The predicted octanol–water partition coefficient (Wildman–Crippen LogP) is 2.82. The first-order chi connectivity index (χ1) is 11.3. The quantitative estimate of drug-likeness (QED) is 0.941. The highest BCUT2D eigenvalue weighted by atomic mass is 32.1. The molecule has 1 atom stereocenters. The zero-order valence-corrected chi connectivity index (χ0v) is 13.6. The van der Waals surface area contributed by atoms with Crippen molar-refractivity contribution in [1.29, 1.82) is 0 Å². The van der Waals surface area contributed by atoms with Crippen LogP contribution in [0.2, 0.25) is 0 Å². The number of hydrogen-bond donors (Lipinski definition) is 1. The van der Waals surface area contributed by atoms with Crippen molar-refractivity contribution >= 4 is 28.7 Å². The second kappa shape index (κ2) is 6.29. The standard InChI is InChI=1S/C17H19N3O2S/c21-17(14-2-1-8-22-14)19-13-3-4-16(18-10-13)20-7-5-15-12(11-20)6-9-23-15/h3-4,6,9-10,14H,1-2,5,7-8,11H2,(H,19,21)/t14-/m1/s1. The molecule has 1 N–H and O–H groups in total. The van der Waals surface area contributed by atoms with Crippen LogP contribution in [0.4, 0.5) is 11.5 Å². The molecule has 4 rings (SSSR count). The van der Waals surface area contributed by atoms with Crippen molar-refractivity contribution in [2.24, 2.45) is 0 Å². The van der Waals surface area contributed by atoms with Crippen molar-refractivity contribution in [3.05, 3.63) is 40.2 Å². The van der Waals surface area contributed by atoms with Crippen LogP contribution >= 0.6 is 11.3 Å². The average Bonchev–Trinajstić information content (AvgIpc) is 3.26. The van der Waals surface area contributed by atoms with E-state index in [1.807, 2.05) is 23.5 Å². The lowest BCUT2D eigenvalue weighted by Gasteiger charge is -2.28. The molecule has 6 heteroatoms. The smallest absolute Gasteiger partial charge is 0.253 e. The molecule has 0 bridgehead atoms. The predicted molar refractivity (Wildman–Crippen MR) is 90.9 cm³/mol. The van der Waals surface area contributed by atoms with Crippen LogP contribution in [0.1, 0.15) is 23.3 Å². The van der Waals surface area contributed by atoms with Gasteiger partial charge in [0.05, 0.1) is 11.9 Å². The minimum atomic E-state index is -0.311. The van der Waals surface area contributed by atoms with Gasteiger partial charge in [0.15, 0.2) is 0 Å². The Morgan fingerprint density at radius 1 is 1.39 bits per heavy atom. The van der Waals surface area contributed by atoms with Crippen LogP contribution in [-0.4, -0.2) is 30.1 Å². The maximum Gasteiger partial charge on any atom is 0.253 e. The van der Waals surface area contributed by atoms with Crippen molar-refractivity contribution in [2.75, 3.05) is 23.4 Å². The molecule has 5 nitrogen and oxygen atoms in total. The second-order valence-electron chi connectivity index (χ2n) is 5.94. The van der Waals surface area contributed by atoms with Gasteiger partial charge in [-0.05, 0) is 48.4 Å². The zero-order valence-electron chi connectivity index (χ0n) is 12.8. The van der Waals surface area contributed by atoms with Crippen LogP contribution < -0.4 is 10.2 Å². The van der Waals surface area contributed by atoms with E-state index in [4.69, 9.17) is 4.74 Å². The third kappa shape index (κ3) is 3.09. The minimum Gasteiger partial charge on any atom is -0.368 e. The summed E-state index contributed by atoms with van der Waals surface area (Å²) in [6, 6.07) is 6.09. The van der Waals surface area contributed by atoms with Crippen LogP contribution in [0.3, 0.4) is 0 Å². The van der Waals surface area contributed by atoms with E-state index in [1.54, 1.807) is 6.20 Å². The highest BCUT2D eigenvalue weighted by Crippen LogP contribution is 2.27. The van der Waals surface area contributed by atoms with Crippen molar-refractivity contribution in [3.8, 4) is 0 Å². The van der Waals surface area contributed by atoms with E-state index in [9.17, 15) is 4.79 Å². The molecular weight excluding hydrogens is 310 g/mol. The third-order valence-electron chi connectivity index (χ3n) is 4.37. The first-order valence-electron chi connectivity index (χ1n) is 7.98. The molecule has 1 fully saturated rings. The number of pyridine rings is 1. The summed E-state index contributed by atoms with van der Waals surface area (Å²) in [6.45, 7) is 2.57. The SMILES string of the molecule is O=C(Nc1ccc(N2CCc3sccc3C2)nc1)[C@H]1CCCO1. The molecule has 23 heavy (non-hydrogen) atoms. The van der Waals surface area contributed by atoms with Gasteiger partial charge in [0.25, 0.3) is 5.91 Å². The summed E-state index contributed by atoms with van der Waals surface area (Å²) < 4.78 is 5.39. The number of rotatable bonds is 3. The van der Waals surface area contributed by atoms with Gasteiger partial charge in [-0.15, -0.1) is 11.3 Å². The minimum absolute atomic E-state index is 0.0714. The van der Waals surface area contributed by atoms with Crippen LogP contribution in [0, 0.1) is 0 Å². The lowest BCUT2D eigenvalue weighted by Crippen LogP contribution is -2.30. The summed E-state index contributed by atoms with van der Waals surface area (Å²) in [5.74, 6) is 0.884. The van der Waals surface area contributed by atoms with Crippen molar-refractivity contribution < 1.29 is 9.53 Å². The number of aromatic nitrogens is 1. The summed E-state index contributed by atoms with van der Waals surface area (Å²) >= 11 is 1.84. The van der Waals surface area contributed by atoms with Crippen molar-refractivity contribution in [2.45, 2.75) is 31.9 Å². The molecule has 2 aromatic rings. The van der Waals surface area contributed by atoms with Gasteiger partial charge in [-0.25, -0.2) is 4.98 Å². The number of amides is 1. The molecular formula is C17H19N3O2S. The van der Waals surface area contributed by atoms with Crippen LogP contribution in [-0.2, 0) is 22.5 Å². The Bertz CT molecular complexity index is 692. The Morgan fingerprint density at radius 3 is 3.13 bits per heavy atom. The maximum atomic E-state index is 12.0. The molecule has 0 saturated carbocycles. The molecule has 0 aromatic carbocycles. The molecule has 2 aliphatic heterocycles. The Labute approximate surface area is 139 Å². The number of nitrogens with one attached hydrogen (secondary N) is 1. The summed E-state index contributed by atoms with van der Waals surface area (Å²) in [5.41, 5.74) is 2.13. The van der Waals surface area contributed by atoms with Crippen molar-refractivity contribution in [1.82, 2.24) is 4.98 Å². The van der Waals surface area contributed by atoms with Crippen LogP contribution in [0.5, 0.6) is 0 Å². The van der Waals surface area contributed by atoms with Gasteiger partial charge < -0.3 is 15.0 Å². The lowest BCUT2D eigenvalue weighted by atomic mass is 10.1. The van der Waals surface area contributed by atoms with Gasteiger partial charge >= 0.3 is 0 Å². The Morgan fingerprint density at radius 2 is 2.35 bits per heavy atom. The number of nitrogens with zero attached hydrogens (tertiary/aromatic N) is 2. The van der Waals surface area contributed by atoms with Gasteiger partial charge in [-0.1, -0.05) is 0 Å². The molecule has 0 spiro atoms. The summed E-state index contributed by atoms with van der Waals surface area (Å²) in [5, 5.41) is 5.04. The van der Waals surface area contributed by atoms with Gasteiger partial charge in [0.1, 0.15) is 11.9 Å². The summed E-state index contributed by atoms with van der Waals surface area (Å²) in [4.78, 5) is 20.3. The Kier molecular flexibility index (Phi) is 4.01.